The van der Waals surface area contributed by atoms with Crippen molar-refractivity contribution in [2.45, 2.75) is 44.4 Å². The SMILES string of the molecule is O=C(NCc1ccc(F)cc1)[C@H](C1CCCC1)N1CCN(C(=O)c2ccc(C(F)(F)F)cc2)CC1. The van der Waals surface area contributed by atoms with E-state index in [2.05, 4.69) is 10.2 Å². The molecule has 9 heteroatoms. The van der Waals surface area contributed by atoms with Gasteiger partial charge in [0, 0.05) is 38.3 Å². The highest BCUT2D eigenvalue weighted by atomic mass is 19.4. The van der Waals surface area contributed by atoms with Crippen LogP contribution < -0.4 is 5.32 Å². The van der Waals surface area contributed by atoms with E-state index in [1.54, 1.807) is 17.0 Å². The van der Waals surface area contributed by atoms with E-state index in [9.17, 15) is 27.2 Å². The number of benzene rings is 2. The standard InChI is InChI=1S/C26H29F4N3O2/c27-22-11-5-18(6-12-22)17-31-24(34)23(19-3-1-2-4-19)32-13-15-33(16-14-32)25(35)20-7-9-21(10-8-20)26(28,29)30/h5-12,19,23H,1-4,13-17H2,(H,31,34)/t23-/m0/s1. The fraction of sp³-hybridized carbons (Fsp3) is 0.462. The molecule has 1 saturated heterocycles. The lowest BCUT2D eigenvalue weighted by atomic mass is 9.94. The van der Waals surface area contributed by atoms with E-state index < -0.39 is 11.7 Å². The van der Waals surface area contributed by atoms with Gasteiger partial charge in [-0.25, -0.2) is 4.39 Å². The number of hydrogen-bond acceptors (Lipinski definition) is 3. The van der Waals surface area contributed by atoms with Gasteiger partial charge in [-0.15, -0.1) is 0 Å². The summed E-state index contributed by atoms with van der Waals surface area (Å²) < 4.78 is 51.6. The predicted octanol–water partition coefficient (Wildman–Crippen LogP) is 4.48. The number of carbonyl (C=O) groups excluding carboxylic acids is 2. The third-order valence-corrected chi connectivity index (χ3v) is 6.95. The highest BCUT2D eigenvalue weighted by Gasteiger charge is 2.37. The van der Waals surface area contributed by atoms with Gasteiger partial charge in [0.25, 0.3) is 5.91 Å². The topological polar surface area (TPSA) is 52.7 Å². The first-order valence-corrected chi connectivity index (χ1v) is 11.9. The molecule has 35 heavy (non-hydrogen) atoms. The number of rotatable bonds is 6. The normalized spacial score (nSPS) is 18.5. The zero-order chi connectivity index (χ0) is 25.0. The van der Waals surface area contributed by atoms with Crippen molar-refractivity contribution >= 4 is 11.8 Å². The number of hydrogen-bond donors (Lipinski definition) is 1. The van der Waals surface area contributed by atoms with Crippen LogP contribution in [0.3, 0.4) is 0 Å². The van der Waals surface area contributed by atoms with Gasteiger partial charge in [0.15, 0.2) is 0 Å². The van der Waals surface area contributed by atoms with Gasteiger partial charge < -0.3 is 10.2 Å². The number of carbonyl (C=O) groups is 2. The average molecular weight is 492 g/mol. The second kappa shape index (κ2) is 10.8. The van der Waals surface area contributed by atoms with Crippen molar-refractivity contribution in [1.82, 2.24) is 15.1 Å². The van der Waals surface area contributed by atoms with E-state index in [4.69, 9.17) is 0 Å². The number of amides is 2. The van der Waals surface area contributed by atoms with Crippen LogP contribution in [0.1, 0.15) is 47.2 Å². The maximum Gasteiger partial charge on any atom is 0.416 e. The third-order valence-electron chi connectivity index (χ3n) is 6.95. The van der Waals surface area contributed by atoms with Crippen molar-refractivity contribution in [2.75, 3.05) is 26.2 Å². The van der Waals surface area contributed by atoms with Gasteiger partial charge in [0.05, 0.1) is 11.6 Å². The minimum absolute atomic E-state index is 0.0660. The smallest absolute Gasteiger partial charge is 0.351 e. The molecular weight excluding hydrogens is 462 g/mol. The second-order valence-electron chi connectivity index (χ2n) is 9.24. The molecule has 0 unspecified atom stereocenters. The van der Waals surface area contributed by atoms with Crippen molar-refractivity contribution in [3.63, 3.8) is 0 Å². The number of piperazine rings is 1. The average Bonchev–Trinajstić information content (AvgIpc) is 3.38. The zero-order valence-electron chi connectivity index (χ0n) is 19.4. The van der Waals surface area contributed by atoms with Crippen LogP contribution >= 0.6 is 0 Å². The van der Waals surface area contributed by atoms with Gasteiger partial charge in [-0.1, -0.05) is 25.0 Å². The van der Waals surface area contributed by atoms with Gasteiger partial charge in [0.2, 0.25) is 5.91 Å². The Hall–Kier alpha value is -2.94. The Morgan fingerprint density at radius 3 is 2.09 bits per heavy atom. The summed E-state index contributed by atoms with van der Waals surface area (Å²) in [5.41, 5.74) is 0.248. The number of nitrogens with one attached hydrogen (secondary N) is 1. The Balaban J connectivity index is 1.37. The molecule has 2 fully saturated rings. The van der Waals surface area contributed by atoms with Crippen molar-refractivity contribution < 1.29 is 27.2 Å². The molecule has 2 aromatic carbocycles. The Morgan fingerprint density at radius 1 is 0.914 bits per heavy atom. The lowest BCUT2D eigenvalue weighted by molar-refractivity contribution is -0.137. The molecule has 1 heterocycles. The fourth-order valence-corrected chi connectivity index (χ4v) is 5.03. The van der Waals surface area contributed by atoms with Crippen molar-refractivity contribution in [3.05, 3.63) is 71.0 Å². The number of halogens is 4. The number of alkyl halides is 3. The fourth-order valence-electron chi connectivity index (χ4n) is 5.03. The van der Waals surface area contributed by atoms with Crippen LogP contribution in [0.15, 0.2) is 48.5 Å². The molecule has 1 aliphatic heterocycles. The van der Waals surface area contributed by atoms with E-state index in [0.717, 1.165) is 43.4 Å². The Labute approximate surface area is 202 Å². The summed E-state index contributed by atoms with van der Waals surface area (Å²) in [5.74, 6) is -0.465. The monoisotopic (exact) mass is 491 g/mol. The summed E-state index contributed by atoms with van der Waals surface area (Å²) in [7, 11) is 0. The molecule has 1 N–H and O–H groups in total. The van der Waals surface area contributed by atoms with Crippen LogP contribution in [0, 0.1) is 11.7 Å². The molecule has 0 aromatic heterocycles. The molecule has 5 nitrogen and oxygen atoms in total. The van der Waals surface area contributed by atoms with Crippen LogP contribution in [-0.4, -0.2) is 53.8 Å². The second-order valence-corrected chi connectivity index (χ2v) is 9.24. The van der Waals surface area contributed by atoms with E-state index >= 15 is 0 Å². The molecule has 1 aliphatic carbocycles. The molecule has 4 rings (SSSR count). The van der Waals surface area contributed by atoms with Crippen LogP contribution in [0.5, 0.6) is 0 Å². The molecule has 0 spiro atoms. The van der Waals surface area contributed by atoms with Crippen LogP contribution in [0.4, 0.5) is 17.6 Å². The maximum absolute atomic E-state index is 13.2. The molecule has 2 aromatic rings. The summed E-state index contributed by atoms with van der Waals surface area (Å²) in [5, 5.41) is 2.99. The quantitative estimate of drug-likeness (QED) is 0.607. The first-order chi connectivity index (χ1) is 16.7. The maximum atomic E-state index is 13.2. The number of nitrogens with zero attached hydrogens (tertiary/aromatic N) is 2. The van der Waals surface area contributed by atoms with E-state index in [-0.39, 0.29) is 35.2 Å². The van der Waals surface area contributed by atoms with Crippen LogP contribution in [-0.2, 0) is 17.5 Å². The molecule has 0 bridgehead atoms. The minimum Gasteiger partial charge on any atom is -0.351 e. The summed E-state index contributed by atoms with van der Waals surface area (Å²) in [4.78, 5) is 29.8. The zero-order valence-corrected chi connectivity index (χ0v) is 19.4. The first kappa shape index (κ1) is 25.2. The predicted molar refractivity (Wildman–Crippen MR) is 123 cm³/mol. The van der Waals surface area contributed by atoms with Gasteiger partial charge in [-0.05, 0) is 60.7 Å². The largest absolute Gasteiger partial charge is 0.416 e. The van der Waals surface area contributed by atoms with Crippen molar-refractivity contribution in [3.8, 4) is 0 Å². The molecule has 2 amide bonds. The summed E-state index contributed by atoms with van der Waals surface area (Å²) in [6.45, 7) is 2.13. The highest BCUT2D eigenvalue weighted by Crippen LogP contribution is 2.32. The van der Waals surface area contributed by atoms with E-state index in [1.807, 2.05) is 0 Å². The highest BCUT2D eigenvalue weighted by molar-refractivity contribution is 5.94. The molecule has 0 radical (unpaired) electrons. The lowest BCUT2D eigenvalue weighted by Crippen LogP contribution is -2.57. The molecule has 1 saturated carbocycles. The third kappa shape index (κ3) is 6.20. The van der Waals surface area contributed by atoms with Crippen molar-refractivity contribution in [1.29, 1.82) is 0 Å². The van der Waals surface area contributed by atoms with Crippen LogP contribution in [0.25, 0.3) is 0 Å². The van der Waals surface area contributed by atoms with E-state index in [1.165, 1.54) is 24.3 Å². The summed E-state index contributed by atoms with van der Waals surface area (Å²) >= 11 is 0. The minimum atomic E-state index is -4.44. The van der Waals surface area contributed by atoms with Gasteiger partial charge >= 0.3 is 6.18 Å². The molecule has 1 atom stereocenters. The summed E-state index contributed by atoms with van der Waals surface area (Å²) in [6, 6.07) is 9.98. The van der Waals surface area contributed by atoms with Gasteiger partial charge in [-0.3, -0.25) is 14.5 Å². The Kier molecular flexibility index (Phi) is 7.74. The molecule has 188 valence electrons. The van der Waals surface area contributed by atoms with Gasteiger partial charge in [0.1, 0.15) is 5.82 Å². The van der Waals surface area contributed by atoms with Crippen molar-refractivity contribution in [2.24, 2.45) is 5.92 Å². The molecular formula is C26H29F4N3O2. The molecule has 2 aliphatic rings. The first-order valence-electron chi connectivity index (χ1n) is 11.9. The van der Waals surface area contributed by atoms with Crippen LogP contribution in [0.2, 0.25) is 0 Å². The summed E-state index contributed by atoms with van der Waals surface area (Å²) in [6.07, 6.45) is -0.337. The Bertz CT molecular complexity index is 1010. The van der Waals surface area contributed by atoms with E-state index in [0.29, 0.717) is 32.7 Å². The van der Waals surface area contributed by atoms with Gasteiger partial charge in [-0.2, -0.15) is 13.2 Å². The Morgan fingerprint density at radius 2 is 1.51 bits per heavy atom. The lowest BCUT2D eigenvalue weighted by Gasteiger charge is -2.40.